The van der Waals surface area contributed by atoms with Crippen molar-refractivity contribution in [2.45, 2.75) is 77.2 Å². The van der Waals surface area contributed by atoms with Crippen molar-refractivity contribution in [1.29, 1.82) is 0 Å². The first-order valence-electron chi connectivity index (χ1n) is 8.42. The summed E-state index contributed by atoms with van der Waals surface area (Å²) >= 11 is 0. The van der Waals surface area contributed by atoms with Gasteiger partial charge in [-0.3, -0.25) is 0 Å². The Morgan fingerprint density at radius 3 is 2.48 bits per heavy atom. The van der Waals surface area contributed by atoms with E-state index in [0.717, 1.165) is 25.7 Å². The van der Waals surface area contributed by atoms with E-state index >= 15 is 0 Å². The summed E-state index contributed by atoms with van der Waals surface area (Å²) in [6.45, 7) is 2.76. The van der Waals surface area contributed by atoms with Crippen molar-refractivity contribution in [2.75, 3.05) is 6.54 Å². The van der Waals surface area contributed by atoms with Crippen molar-refractivity contribution in [1.82, 2.24) is 0 Å². The quantitative estimate of drug-likeness (QED) is 0.344. The highest BCUT2D eigenvalue weighted by Gasteiger charge is 2.29. The molecule has 0 bridgehead atoms. The van der Waals surface area contributed by atoms with Gasteiger partial charge in [-0.2, -0.15) is 0 Å². The molecular formula is C17H28N2O2. The van der Waals surface area contributed by atoms with Crippen LogP contribution in [-0.2, 0) is 9.59 Å². The molecule has 4 nitrogen and oxygen atoms in total. The molecule has 1 aliphatic carbocycles. The molecule has 3 unspecified atom stereocenters. The van der Waals surface area contributed by atoms with Crippen molar-refractivity contribution in [3.8, 4) is 0 Å². The molecular weight excluding hydrogens is 264 g/mol. The molecule has 1 aliphatic rings. The summed E-state index contributed by atoms with van der Waals surface area (Å²) in [5, 5.41) is 0. The van der Waals surface area contributed by atoms with Gasteiger partial charge in [0, 0.05) is 0 Å². The lowest BCUT2D eigenvalue weighted by molar-refractivity contribution is 0.227. The summed E-state index contributed by atoms with van der Waals surface area (Å²) in [5.74, 6) is 0.878. The van der Waals surface area contributed by atoms with Crippen molar-refractivity contribution in [3.63, 3.8) is 0 Å². The van der Waals surface area contributed by atoms with Crippen molar-refractivity contribution in [3.05, 3.63) is 0 Å². The van der Waals surface area contributed by atoms with Crippen LogP contribution in [0.5, 0.6) is 0 Å². The van der Waals surface area contributed by atoms with E-state index in [1.807, 2.05) is 0 Å². The lowest BCUT2D eigenvalue weighted by Crippen LogP contribution is -2.29. The first-order chi connectivity index (χ1) is 10.3. The van der Waals surface area contributed by atoms with Crippen molar-refractivity contribution < 1.29 is 9.59 Å². The predicted molar refractivity (Wildman–Crippen MR) is 83.7 cm³/mol. The molecule has 21 heavy (non-hydrogen) atoms. The summed E-state index contributed by atoms with van der Waals surface area (Å²) in [6.07, 6.45) is 15.3. The van der Waals surface area contributed by atoms with Crippen LogP contribution in [0.2, 0.25) is 0 Å². The van der Waals surface area contributed by atoms with Crippen LogP contribution in [0.1, 0.15) is 71.1 Å². The van der Waals surface area contributed by atoms with Gasteiger partial charge >= 0.3 is 0 Å². The second-order valence-corrected chi connectivity index (χ2v) is 6.22. The fraction of sp³-hybridized carbons (Fsp3) is 0.882. The van der Waals surface area contributed by atoms with E-state index in [2.05, 4.69) is 16.9 Å². The average molecular weight is 292 g/mol. The van der Waals surface area contributed by atoms with Crippen LogP contribution in [0, 0.1) is 11.8 Å². The van der Waals surface area contributed by atoms with Crippen molar-refractivity contribution in [2.24, 2.45) is 21.8 Å². The molecule has 1 fully saturated rings. The largest absolute Gasteiger partial charge is 0.235 e. The van der Waals surface area contributed by atoms with Crippen LogP contribution in [0.3, 0.4) is 0 Å². The van der Waals surface area contributed by atoms with E-state index in [-0.39, 0.29) is 6.04 Å². The molecule has 118 valence electrons. The van der Waals surface area contributed by atoms with Crippen LogP contribution in [0.15, 0.2) is 9.98 Å². The maximum atomic E-state index is 10.6. The number of nitrogens with zero attached hydrogens (tertiary/aromatic N) is 2. The molecule has 0 saturated heterocycles. The summed E-state index contributed by atoms with van der Waals surface area (Å²) < 4.78 is 0. The van der Waals surface area contributed by atoms with Gasteiger partial charge in [-0.25, -0.2) is 19.6 Å². The summed E-state index contributed by atoms with van der Waals surface area (Å²) in [5.41, 5.74) is 0. The minimum atomic E-state index is 0.0822. The zero-order chi connectivity index (χ0) is 15.3. The Labute approximate surface area is 128 Å². The molecule has 0 aromatic rings. The second kappa shape index (κ2) is 11.4. The first kappa shape index (κ1) is 17.8. The molecule has 3 atom stereocenters. The third kappa shape index (κ3) is 7.36. The average Bonchev–Trinajstić information content (AvgIpc) is 2.50. The van der Waals surface area contributed by atoms with Gasteiger partial charge in [-0.1, -0.05) is 45.4 Å². The molecule has 0 amide bonds. The van der Waals surface area contributed by atoms with Crippen molar-refractivity contribution >= 4 is 12.2 Å². The SMILES string of the molecule is CCCCCCCCC1CCC(CN=C=O)CC1N=C=O. The van der Waals surface area contributed by atoms with Gasteiger partial charge in [-0.15, -0.1) is 0 Å². The minimum absolute atomic E-state index is 0.0822. The van der Waals surface area contributed by atoms with E-state index in [4.69, 9.17) is 0 Å². The monoisotopic (exact) mass is 292 g/mol. The Morgan fingerprint density at radius 1 is 1.00 bits per heavy atom. The van der Waals surface area contributed by atoms with Gasteiger partial charge in [0.25, 0.3) is 0 Å². The summed E-state index contributed by atoms with van der Waals surface area (Å²) in [4.78, 5) is 28.5. The first-order valence-corrected chi connectivity index (χ1v) is 8.42. The Morgan fingerprint density at radius 2 is 1.76 bits per heavy atom. The number of isocyanates is 2. The molecule has 0 radical (unpaired) electrons. The molecule has 0 N–H and O–H groups in total. The predicted octanol–water partition coefficient (Wildman–Crippen LogP) is 4.19. The summed E-state index contributed by atoms with van der Waals surface area (Å²) in [7, 11) is 0. The molecule has 0 heterocycles. The zero-order valence-electron chi connectivity index (χ0n) is 13.2. The number of unbranched alkanes of at least 4 members (excludes halogenated alkanes) is 5. The third-order valence-corrected chi connectivity index (χ3v) is 4.63. The molecule has 0 spiro atoms. The van der Waals surface area contributed by atoms with Crippen LogP contribution >= 0.6 is 0 Å². The smallest absolute Gasteiger partial charge is 0.211 e. The second-order valence-electron chi connectivity index (χ2n) is 6.22. The molecule has 1 rings (SSSR count). The molecule has 0 aromatic carbocycles. The van der Waals surface area contributed by atoms with E-state index in [0.29, 0.717) is 18.4 Å². The highest BCUT2D eigenvalue weighted by molar-refractivity contribution is 5.34. The number of carbonyl (C=O) groups excluding carboxylic acids is 2. The Balaban J connectivity index is 2.32. The number of aliphatic imine (C=N–C) groups is 2. The lowest BCUT2D eigenvalue weighted by atomic mass is 9.76. The molecule has 1 saturated carbocycles. The maximum absolute atomic E-state index is 10.6. The molecule has 0 aliphatic heterocycles. The molecule has 4 heteroatoms. The topological polar surface area (TPSA) is 58.9 Å². The number of rotatable bonds is 10. The van der Waals surface area contributed by atoms with E-state index in [9.17, 15) is 9.59 Å². The highest BCUT2D eigenvalue weighted by atomic mass is 16.1. The van der Waals surface area contributed by atoms with Crippen LogP contribution < -0.4 is 0 Å². The fourth-order valence-electron chi connectivity index (χ4n) is 3.38. The minimum Gasteiger partial charge on any atom is -0.211 e. The van der Waals surface area contributed by atoms with Gasteiger partial charge in [-0.05, 0) is 37.5 Å². The standard InChI is InChI=1S/C17H28N2O2/c1-2-3-4-5-6-7-8-16-10-9-15(12-18-13-20)11-17(16)19-14-21/h15-17H,2-12H2,1H3. The zero-order valence-corrected chi connectivity index (χ0v) is 13.2. The summed E-state index contributed by atoms with van der Waals surface area (Å²) in [6, 6.07) is 0.0822. The van der Waals surface area contributed by atoms with E-state index in [1.165, 1.54) is 38.5 Å². The van der Waals surface area contributed by atoms with Gasteiger partial charge in [0.05, 0.1) is 12.6 Å². The van der Waals surface area contributed by atoms with Crippen LogP contribution in [-0.4, -0.2) is 24.7 Å². The highest BCUT2D eigenvalue weighted by Crippen LogP contribution is 2.34. The number of hydrogen-bond acceptors (Lipinski definition) is 4. The lowest BCUT2D eigenvalue weighted by Gasteiger charge is -2.32. The maximum Gasteiger partial charge on any atom is 0.235 e. The normalized spacial score (nSPS) is 24.9. The molecule has 0 aromatic heterocycles. The van der Waals surface area contributed by atoms with Gasteiger partial charge in [0.15, 0.2) is 0 Å². The third-order valence-electron chi connectivity index (χ3n) is 4.63. The Kier molecular flexibility index (Phi) is 9.69. The van der Waals surface area contributed by atoms with E-state index in [1.54, 1.807) is 12.2 Å². The number of hydrogen-bond donors (Lipinski definition) is 0. The van der Waals surface area contributed by atoms with E-state index < -0.39 is 0 Å². The fourth-order valence-corrected chi connectivity index (χ4v) is 3.38. The Hall–Kier alpha value is -1.24. The van der Waals surface area contributed by atoms with Gasteiger partial charge in [0.1, 0.15) is 0 Å². The van der Waals surface area contributed by atoms with Gasteiger partial charge in [0.2, 0.25) is 12.2 Å². The Bertz CT molecular complexity index is 371. The van der Waals surface area contributed by atoms with Gasteiger partial charge < -0.3 is 0 Å². The van der Waals surface area contributed by atoms with Crippen LogP contribution in [0.4, 0.5) is 0 Å². The van der Waals surface area contributed by atoms with Crippen LogP contribution in [0.25, 0.3) is 0 Å².